The van der Waals surface area contributed by atoms with Crippen molar-refractivity contribution < 1.29 is 14.3 Å². The van der Waals surface area contributed by atoms with Crippen molar-refractivity contribution in [2.75, 3.05) is 26.4 Å². The molecule has 0 N–H and O–H groups in total. The molecular formula is C13H20N2O3. The van der Waals surface area contributed by atoms with Crippen LogP contribution in [0.3, 0.4) is 0 Å². The molecule has 2 saturated heterocycles. The predicted octanol–water partition coefficient (Wildman–Crippen LogP) is 0.594. The largest absolute Gasteiger partial charge is 0.381 e. The van der Waals surface area contributed by atoms with Gasteiger partial charge in [-0.15, -0.1) is 0 Å². The molecule has 3 rings (SSSR count). The van der Waals surface area contributed by atoms with Crippen molar-refractivity contribution in [3.05, 3.63) is 0 Å². The Morgan fingerprint density at radius 1 is 1.17 bits per heavy atom. The average molecular weight is 252 g/mol. The first-order valence-electron chi connectivity index (χ1n) is 6.91. The molecule has 2 amide bonds. The molecule has 0 aromatic heterocycles. The fourth-order valence-electron chi connectivity index (χ4n) is 2.83. The third-order valence-electron chi connectivity index (χ3n) is 4.07. The molecule has 0 aromatic carbocycles. The van der Waals surface area contributed by atoms with E-state index >= 15 is 0 Å². The lowest BCUT2D eigenvalue weighted by Gasteiger charge is -2.22. The van der Waals surface area contributed by atoms with Crippen molar-refractivity contribution in [2.24, 2.45) is 5.92 Å². The van der Waals surface area contributed by atoms with Crippen LogP contribution in [-0.4, -0.2) is 54.1 Å². The number of carbonyl (C=O) groups is 2. The molecule has 0 unspecified atom stereocenters. The summed E-state index contributed by atoms with van der Waals surface area (Å²) in [5, 5.41) is 0. The first-order chi connectivity index (χ1) is 8.75. The Morgan fingerprint density at radius 2 is 2.00 bits per heavy atom. The summed E-state index contributed by atoms with van der Waals surface area (Å²) in [7, 11) is 0. The van der Waals surface area contributed by atoms with E-state index in [1.165, 1.54) is 0 Å². The molecule has 0 aromatic rings. The molecule has 18 heavy (non-hydrogen) atoms. The number of carbonyl (C=O) groups excluding carboxylic acids is 2. The number of ether oxygens (including phenoxy) is 1. The molecule has 0 bridgehead atoms. The molecule has 1 aliphatic carbocycles. The quantitative estimate of drug-likeness (QED) is 0.723. The summed E-state index contributed by atoms with van der Waals surface area (Å²) in [4.78, 5) is 27.8. The number of hydrogen-bond donors (Lipinski definition) is 0. The maximum atomic E-state index is 12.4. The monoisotopic (exact) mass is 252 g/mol. The second-order valence-electron chi connectivity index (χ2n) is 5.51. The van der Waals surface area contributed by atoms with Crippen LogP contribution in [0.2, 0.25) is 0 Å². The minimum Gasteiger partial charge on any atom is -0.381 e. The van der Waals surface area contributed by atoms with Crippen LogP contribution >= 0.6 is 0 Å². The second-order valence-corrected chi connectivity index (χ2v) is 5.51. The summed E-state index contributed by atoms with van der Waals surface area (Å²) in [5.74, 6) is 0.326. The van der Waals surface area contributed by atoms with E-state index in [2.05, 4.69) is 0 Å². The van der Waals surface area contributed by atoms with Crippen molar-refractivity contribution in [2.45, 2.75) is 38.1 Å². The molecule has 0 spiro atoms. The second kappa shape index (κ2) is 4.88. The Balaban J connectivity index is 1.60. The van der Waals surface area contributed by atoms with Gasteiger partial charge in [0.25, 0.3) is 0 Å². The summed E-state index contributed by atoms with van der Waals surface area (Å²) in [6, 6.07) is 0.410. The van der Waals surface area contributed by atoms with Gasteiger partial charge in [-0.25, -0.2) is 0 Å². The van der Waals surface area contributed by atoms with E-state index in [9.17, 15) is 9.59 Å². The molecule has 1 atom stereocenters. The molecule has 3 fully saturated rings. The zero-order valence-corrected chi connectivity index (χ0v) is 10.6. The minimum absolute atomic E-state index is 0.0550. The predicted molar refractivity (Wildman–Crippen MR) is 64.6 cm³/mol. The lowest BCUT2D eigenvalue weighted by Crippen LogP contribution is -2.36. The van der Waals surface area contributed by atoms with Crippen LogP contribution in [0.5, 0.6) is 0 Å². The highest BCUT2D eigenvalue weighted by atomic mass is 16.5. The topological polar surface area (TPSA) is 49.9 Å². The van der Waals surface area contributed by atoms with Gasteiger partial charge < -0.3 is 14.5 Å². The van der Waals surface area contributed by atoms with Crippen LogP contribution in [0.1, 0.15) is 32.1 Å². The van der Waals surface area contributed by atoms with E-state index in [4.69, 9.17) is 4.74 Å². The Labute approximate surface area is 107 Å². The number of rotatable bonds is 2. The van der Waals surface area contributed by atoms with Crippen molar-refractivity contribution >= 4 is 11.8 Å². The van der Waals surface area contributed by atoms with Gasteiger partial charge in [-0.1, -0.05) is 0 Å². The van der Waals surface area contributed by atoms with Crippen LogP contribution in [0.4, 0.5) is 0 Å². The Bertz CT molecular complexity index is 346. The van der Waals surface area contributed by atoms with Gasteiger partial charge in [0.15, 0.2) is 0 Å². The van der Waals surface area contributed by atoms with Crippen LogP contribution in [0.15, 0.2) is 0 Å². The Kier molecular flexibility index (Phi) is 3.24. The number of hydrogen-bond acceptors (Lipinski definition) is 3. The van der Waals surface area contributed by atoms with E-state index in [0.717, 1.165) is 38.7 Å². The van der Waals surface area contributed by atoms with E-state index in [0.29, 0.717) is 19.3 Å². The lowest BCUT2D eigenvalue weighted by atomic mass is 9.99. The molecular weight excluding hydrogens is 232 g/mol. The molecule has 5 heteroatoms. The standard InChI is InChI=1S/C13H20N2O3/c16-12-8-14(9-15(12)11-3-4-11)13(17)10-2-1-6-18-7-5-10/h10-11H,1-9H2/t10-/m0/s1. The highest BCUT2D eigenvalue weighted by molar-refractivity contribution is 5.89. The third kappa shape index (κ3) is 2.36. The van der Waals surface area contributed by atoms with Gasteiger partial charge in [0.05, 0.1) is 6.67 Å². The molecule has 2 heterocycles. The molecule has 100 valence electrons. The summed E-state index contributed by atoms with van der Waals surface area (Å²) >= 11 is 0. The van der Waals surface area contributed by atoms with E-state index in [1.54, 1.807) is 4.90 Å². The summed E-state index contributed by atoms with van der Waals surface area (Å²) in [6.07, 6.45) is 4.85. The minimum atomic E-state index is 0.0550. The fourth-order valence-corrected chi connectivity index (χ4v) is 2.83. The number of amides is 2. The maximum absolute atomic E-state index is 12.4. The highest BCUT2D eigenvalue weighted by Crippen LogP contribution is 2.30. The third-order valence-corrected chi connectivity index (χ3v) is 4.07. The van der Waals surface area contributed by atoms with Crippen molar-refractivity contribution in [1.29, 1.82) is 0 Å². The van der Waals surface area contributed by atoms with E-state index < -0.39 is 0 Å². The first kappa shape index (κ1) is 12.0. The number of nitrogens with zero attached hydrogens (tertiary/aromatic N) is 2. The van der Waals surface area contributed by atoms with Gasteiger partial charge >= 0.3 is 0 Å². The zero-order chi connectivity index (χ0) is 12.5. The van der Waals surface area contributed by atoms with Crippen molar-refractivity contribution in [3.8, 4) is 0 Å². The molecule has 2 aliphatic heterocycles. The van der Waals surface area contributed by atoms with Gasteiger partial charge in [0, 0.05) is 25.2 Å². The van der Waals surface area contributed by atoms with Crippen molar-refractivity contribution in [3.63, 3.8) is 0 Å². The summed E-state index contributed by atoms with van der Waals surface area (Å²) in [5.41, 5.74) is 0. The zero-order valence-electron chi connectivity index (χ0n) is 10.6. The maximum Gasteiger partial charge on any atom is 0.243 e. The van der Waals surface area contributed by atoms with Gasteiger partial charge in [-0.2, -0.15) is 0 Å². The van der Waals surface area contributed by atoms with E-state index in [1.807, 2.05) is 4.90 Å². The van der Waals surface area contributed by atoms with Crippen molar-refractivity contribution in [1.82, 2.24) is 9.80 Å². The molecule has 3 aliphatic rings. The summed E-state index contributed by atoms with van der Waals surface area (Å²) in [6.45, 7) is 2.23. The smallest absolute Gasteiger partial charge is 0.243 e. The normalized spacial score (nSPS) is 29.6. The van der Waals surface area contributed by atoms with Gasteiger partial charge in [0.1, 0.15) is 6.54 Å². The fraction of sp³-hybridized carbons (Fsp3) is 0.846. The average Bonchev–Trinajstić information content (AvgIpc) is 3.16. The Morgan fingerprint density at radius 3 is 2.78 bits per heavy atom. The molecule has 5 nitrogen and oxygen atoms in total. The van der Waals surface area contributed by atoms with Crippen LogP contribution in [0.25, 0.3) is 0 Å². The van der Waals surface area contributed by atoms with E-state index in [-0.39, 0.29) is 24.3 Å². The first-order valence-corrected chi connectivity index (χ1v) is 6.91. The molecule has 1 saturated carbocycles. The van der Waals surface area contributed by atoms with Gasteiger partial charge in [-0.05, 0) is 32.1 Å². The van der Waals surface area contributed by atoms with Crippen LogP contribution in [-0.2, 0) is 14.3 Å². The lowest BCUT2D eigenvalue weighted by molar-refractivity contribution is -0.136. The SMILES string of the molecule is O=C([C@H]1CCCOCC1)N1CC(=O)N(C2CC2)C1. The van der Waals surface area contributed by atoms with Crippen LogP contribution < -0.4 is 0 Å². The molecule has 0 radical (unpaired) electrons. The van der Waals surface area contributed by atoms with Gasteiger partial charge in [0.2, 0.25) is 11.8 Å². The highest BCUT2D eigenvalue weighted by Gasteiger charge is 2.41. The van der Waals surface area contributed by atoms with Gasteiger partial charge in [-0.3, -0.25) is 9.59 Å². The Hall–Kier alpha value is -1.10. The van der Waals surface area contributed by atoms with Crippen LogP contribution in [0, 0.1) is 5.92 Å². The summed E-state index contributed by atoms with van der Waals surface area (Å²) < 4.78 is 5.38.